The van der Waals surface area contributed by atoms with Gasteiger partial charge in [0, 0.05) is 47.1 Å². The van der Waals surface area contributed by atoms with E-state index in [4.69, 9.17) is 33.2 Å². The van der Waals surface area contributed by atoms with Crippen LogP contribution in [-0.2, 0) is 30.6 Å². The Labute approximate surface area is 180 Å². The largest absolute Gasteiger partial charge is 0.338 e. The SMILES string of the molecule is CCc1nc2c(c(-c3ccc(Cl)cc3)n1)CN(C(=O)Cc1cccc(Cl)c1)CC2. The van der Waals surface area contributed by atoms with Crippen LogP contribution < -0.4 is 0 Å². The van der Waals surface area contributed by atoms with Crippen LogP contribution in [0.3, 0.4) is 0 Å². The Morgan fingerprint density at radius 3 is 2.59 bits per heavy atom. The van der Waals surface area contributed by atoms with Gasteiger partial charge in [0.15, 0.2) is 0 Å². The number of aromatic nitrogens is 2. The van der Waals surface area contributed by atoms with Crippen LogP contribution in [0.25, 0.3) is 11.3 Å². The zero-order valence-corrected chi connectivity index (χ0v) is 17.7. The van der Waals surface area contributed by atoms with Crippen molar-refractivity contribution in [3.05, 3.63) is 81.2 Å². The molecule has 1 aromatic heterocycles. The Hall–Kier alpha value is -2.43. The molecule has 0 aliphatic carbocycles. The number of carbonyl (C=O) groups is 1. The molecule has 3 aromatic rings. The molecule has 0 spiro atoms. The minimum atomic E-state index is 0.0829. The molecule has 6 heteroatoms. The molecule has 4 nitrogen and oxygen atoms in total. The van der Waals surface area contributed by atoms with E-state index in [9.17, 15) is 4.79 Å². The topological polar surface area (TPSA) is 46.1 Å². The molecule has 0 N–H and O–H groups in total. The summed E-state index contributed by atoms with van der Waals surface area (Å²) in [6.07, 6.45) is 1.83. The van der Waals surface area contributed by atoms with Gasteiger partial charge in [-0.05, 0) is 29.8 Å². The van der Waals surface area contributed by atoms with Gasteiger partial charge in [0.25, 0.3) is 0 Å². The van der Waals surface area contributed by atoms with Crippen molar-refractivity contribution in [3.8, 4) is 11.3 Å². The number of benzene rings is 2. The fourth-order valence-electron chi connectivity index (χ4n) is 3.62. The first-order chi connectivity index (χ1) is 14.0. The normalized spacial score (nSPS) is 13.3. The molecule has 1 aliphatic heterocycles. The first-order valence-electron chi connectivity index (χ1n) is 9.70. The molecule has 1 amide bonds. The number of nitrogens with zero attached hydrogens (tertiary/aromatic N) is 3. The summed E-state index contributed by atoms with van der Waals surface area (Å²) in [5.74, 6) is 0.909. The lowest BCUT2D eigenvalue weighted by Gasteiger charge is -2.30. The van der Waals surface area contributed by atoms with Crippen LogP contribution in [0, 0.1) is 0 Å². The Kier molecular flexibility index (Phi) is 5.84. The van der Waals surface area contributed by atoms with Gasteiger partial charge in [0.05, 0.1) is 17.8 Å². The van der Waals surface area contributed by atoms with E-state index < -0.39 is 0 Å². The fraction of sp³-hybridized carbons (Fsp3) is 0.261. The standard InChI is InChI=1S/C23H21Cl2N3O/c1-2-21-26-20-10-11-28(22(29)13-15-4-3-5-18(25)12-15)14-19(20)23(27-21)16-6-8-17(24)9-7-16/h3-9,12H,2,10-11,13-14H2,1H3. The summed E-state index contributed by atoms with van der Waals surface area (Å²) in [6, 6.07) is 15.1. The van der Waals surface area contributed by atoms with E-state index in [-0.39, 0.29) is 5.91 Å². The van der Waals surface area contributed by atoms with Crippen molar-refractivity contribution in [1.82, 2.24) is 14.9 Å². The van der Waals surface area contributed by atoms with E-state index in [2.05, 4.69) is 6.92 Å². The number of hydrogen-bond donors (Lipinski definition) is 0. The molecule has 0 saturated heterocycles. The third-order valence-electron chi connectivity index (χ3n) is 5.14. The van der Waals surface area contributed by atoms with Crippen LogP contribution >= 0.6 is 23.2 Å². The predicted molar refractivity (Wildman–Crippen MR) is 116 cm³/mol. The lowest BCUT2D eigenvalue weighted by Crippen LogP contribution is -2.38. The second-order valence-electron chi connectivity index (χ2n) is 7.15. The highest BCUT2D eigenvalue weighted by molar-refractivity contribution is 6.30. The summed E-state index contributed by atoms with van der Waals surface area (Å²) in [6.45, 7) is 3.22. The van der Waals surface area contributed by atoms with Crippen LogP contribution in [0.15, 0.2) is 48.5 Å². The molecule has 0 radical (unpaired) electrons. The minimum absolute atomic E-state index is 0.0829. The van der Waals surface area contributed by atoms with E-state index in [1.54, 1.807) is 0 Å². The van der Waals surface area contributed by atoms with E-state index in [1.165, 1.54) is 0 Å². The van der Waals surface area contributed by atoms with Gasteiger partial charge < -0.3 is 4.90 Å². The molecule has 4 rings (SSSR count). The molecule has 1 aliphatic rings. The first kappa shape index (κ1) is 19.9. The van der Waals surface area contributed by atoms with E-state index in [0.29, 0.717) is 29.6 Å². The van der Waals surface area contributed by atoms with Gasteiger partial charge in [-0.2, -0.15) is 0 Å². The number of halogens is 2. The minimum Gasteiger partial charge on any atom is -0.338 e. The fourth-order valence-corrected chi connectivity index (χ4v) is 3.95. The molecule has 0 saturated carbocycles. The van der Waals surface area contributed by atoms with Crippen molar-refractivity contribution in [2.75, 3.05) is 6.54 Å². The third kappa shape index (κ3) is 4.44. The van der Waals surface area contributed by atoms with Crippen LogP contribution in [0.4, 0.5) is 0 Å². The molecule has 2 aromatic carbocycles. The summed E-state index contributed by atoms with van der Waals surface area (Å²) in [5.41, 5.74) is 4.86. The van der Waals surface area contributed by atoms with Crippen LogP contribution in [0.2, 0.25) is 10.0 Å². The maximum absolute atomic E-state index is 12.9. The summed E-state index contributed by atoms with van der Waals surface area (Å²) in [7, 11) is 0. The Bertz CT molecular complexity index is 1050. The van der Waals surface area contributed by atoms with Gasteiger partial charge in [0.1, 0.15) is 5.82 Å². The van der Waals surface area contributed by atoms with E-state index in [0.717, 1.165) is 46.7 Å². The quantitative estimate of drug-likeness (QED) is 0.581. The molecule has 0 atom stereocenters. The van der Waals surface area contributed by atoms with Crippen LogP contribution in [-0.4, -0.2) is 27.3 Å². The molecule has 0 unspecified atom stereocenters. The smallest absolute Gasteiger partial charge is 0.227 e. The second kappa shape index (κ2) is 8.52. The predicted octanol–water partition coefficient (Wildman–Crippen LogP) is 5.14. The number of carbonyl (C=O) groups excluding carboxylic acids is 1. The van der Waals surface area contributed by atoms with Crippen molar-refractivity contribution >= 4 is 29.1 Å². The maximum Gasteiger partial charge on any atom is 0.227 e. The molecule has 0 bridgehead atoms. The highest BCUT2D eigenvalue weighted by Crippen LogP contribution is 2.29. The number of fused-ring (bicyclic) bond motifs is 1. The van der Waals surface area contributed by atoms with Crippen molar-refractivity contribution < 1.29 is 4.79 Å². The summed E-state index contributed by atoms with van der Waals surface area (Å²) >= 11 is 12.1. The number of hydrogen-bond acceptors (Lipinski definition) is 3. The Morgan fingerprint density at radius 2 is 1.86 bits per heavy atom. The summed E-state index contributed by atoms with van der Waals surface area (Å²) < 4.78 is 0. The molecule has 2 heterocycles. The third-order valence-corrected chi connectivity index (χ3v) is 5.62. The average molecular weight is 426 g/mol. The molecular formula is C23H21Cl2N3O. The Morgan fingerprint density at radius 1 is 1.07 bits per heavy atom. The van der Waals surface area contributed by atoms with E-state index in [1.807, 2.05) is 53.4 Å². The van der Waals surface area contributed by atoms with Crippen molar-refractivity contribution in [2.45, 2.75) is 32.7 Å². The van der Waals surface area contributed by atoms with Gasteiger partial charge in [-0.1, -0.05) is 54.4 Å². The van der Waals surface area contributed by atoms with Gasteiger partial charge in [-0.15, -0.1) is 0 Å². The van der Waals surface area contributed by atoms with Gasteiger partial charge in [-0.25, -0.2) is 9.97 Å². The van der Waals surface area contributed by atoms with E-state index >= 15 is 0 Å². The van der Waals surface area contributed by atoms with Crippen LogP contribution in [0.1, 0.15) is 29.6 Å². The molecular weight excluding hydrogens is 405 g/mol. The molecule has 148 valence electrons. The highest BCUT2D eigenvalue weighted by atomic mass is 35.5. The average Bonchev–Trinajstić information content (AvgIpc) is 2.73. The Balaban J connectivity index is 1.64. The van der Waals surface area contributed by atoms with Gasteiger partial charge in [0.2, 0.25) is 5.91 Å². The monoisotopic (exact) mass is 425 g/mol. The van der Waals surface area contributed by atoms with Crippen molar-refractivity contribution in [2.24, 2.45) is 0 Å². The zero-order chi connectivity index (χ0) is 20.4. The van der Waals surface area contributed by atoms with Crippen molar-refractivity contribution in [3.63, 3.8) is 0 Å². The number of aryl methyl sites for hydroxylation is 1. The molecule has 29 heavy (non-hydrogen) atoms. The first-order valence-corrected chi connectivity index (χ1v) is 10.5. The maximum atomic E-state index is 12.9. The summed E-state index contributed by atoms with van der Waals surface area (Å²) in [5, 5.41) is 1.33. The number of rotatable bonds is 4. The van der Waals surface area contributed by atoms with Crippen LogP contribution in [0.5, 0.6) is 0 Å². The van der Waals surface area contributed by atoms with Crippen molar-refractivity contribution in [1.29, 1.82) is 0 Å². The van der Waals surface area contributed by atoms with Gasteiger partial charge >= 0.3 is 0 Å². The molecule has 0 fully saturated rings. The zero-order valence-electron chi connectivity index (χ0n) is 16.2. The lowest BCUT2D eigenvalue weighted by molar-refractivity contribution is -0.131. The second-order valence-corrected chi connectivity index (χ2v) is 8.02. The summed E-state index contributed by atoms with van der Waals surface area (Å²) in [4.78, 5) is 24.3. The highest BCUT2D eigenvalue weighted by Gasteiger charge is 2.26. The van der Waals surface area contributed by atoms with Gasteiger partial charge in [-0.3, -0.25) is 4.79 Å². The lowest BCUT2D eigenvalue weighted by atomic mass is 9.98. The number of amides is 1.